The monoisotopic (exact) mass is 529 g/mol. The number of sulfonamides is 1. The SMILES string of the molecule is O=[S+]([O-])(c1cccc(C(F)(F)F)c1)N1CCc2nc(-c3ccc(Cl)cc3)nc(-c3ccccc3)c2C1. The van der Waals surface area contributed by atoms with E-state index in [1.807, 2.05) is 42.5 Å². The highest BCUT2D eigenvalue weighted by Gasteiger charge is 2.38. The zero-order chi connectivity index (χ0) is 25.5. The van der Waals surface area contributed by atoms with Gasteiger partial charge in [-0.2, -0.15) is 13.2 Å². The Balaban J connectivity index is 1.57. The summed E-state index contributed by atoms with van der Waals surface area (Å²) in [5.41, 5.74) is 2.43. The second-order valence-corrected chi connectivity index (χ2v) is 10.7. The summed E-state index contributed by atoms with van der Waals surface area (Å²) in [7, 11) is -4.19. The van der Waals surface area contributed by atoms with Crippen LogP contribution < -0.4 is 0 Å². The van der Waals surface area contributed by atoms with Crippen molar-refractivity contribution >= 4 is 22.0 Å². The summed E-state index contributed by atoms with van der Waals surface area (Å²) in [5.74, 6) is 0.485. The van der Waals surface area contributed by atoms with E-state index in [1.54, 1.807) is 12.1 Å². The second-order valence-electron chi connectivity index (χ2n) is 8.31. The van der Waals surface area contributed by atoms with Gasteiger partial charge >= 0.3 is 6.18 Å². The molecule has 0 fully saturated rings. The fourth-order valence-corrected chi connectivity index (χ4v) is 5.72. The Morgan fingerprint density at radius 3 is 2.33 bits per heavy atom. The van der Waals surface area contributed by atoms with E-state index in [1.165, 1.54) is 10.4 Å². The summed E-state index contributed by atoms with van der Waals surface area (Å²) < 4.78 is 67.5. The average Bonchev–Trinajstić information content (AvgIpc) is 2.88. The smallest absolute Gasteiger partial charge is 0.416 e. The first-order valence-electron chi connectivity index (χ1n) is 11.0. The van der Waals surface area contributed by atoms with E-state index < -0.39 is 27.0 Å². The summed E-state index contributed by atoms with van der Waals surface area (Å²) in [6.07, 6.45) is -4.36. The van der Waals surface area contributed by atoms with Gasteiger partial charge in [0.05, 0.1) is 30.0 Å². The highest BCUT2D eigenvalue weighted by atomic mass is 35.5. The lowest BCUT2D eigenvalue weighted by molar-refractivity contribution is -0.137. The third-order valence-corrected chi connectivity index (χ3v) is 8.07. The van der Waals surface area contributed by atoms with E-state index in [0.717, 1.165) is 23.3 Å². The van der Waals surface area contributed by atoms with Gasteiger partial charge in [0, 0.05) is 34.2 Å². The molecule has 0 bridgehead atoms. The third-order valence-electron chi connectivity index (χ3n) is 5.97. The first kappa shape index (κ1) is 24.6. The van der Waals surface area contributed by atoms with Crippen LogP contribution in [0.5, 0.6) is 0 Å². The molecular formula is C26H19ClF3N3O2S. The molecule has 184 valence electrons. The van der Waals surface area contributed by atoms with Crippen molar-refractivity contribution in [2.45, 2.75) is 24.0 Å². The molecule has 0 aliphatic carbocycles. The first-order valence-corrected chi connectivity index (χ1v) is 12.8. The molecule has 1 aromatic heterocycles. The summed E-state index contributed by atoms with van der Waals surface area (Å²) in [6.45, 7) is 0.0237. The number of hydrogen-bond donors (Lipinski definition) is 0. The molecule has 1 unspecified atom stereocenters. The Labute approximate surface area is 212 Å². The summed E-state index contributed by atoms with van der Waals surface area (Å²) in [4.78, 5) is 9.08. The van der Waals surface area contributed by atoms with Crippen LogP contribution in [0.25, 0.3) is 22.6 Å². The lowest BCUT2D eigenvalue weighted by Gasteiger charge is -2.32. The third kappa shape index (κ3) is 4.79. The van der Waals surface area contributed by atoms with Crippen LogP contribution in [0.2, 0.25) is 5.02 Å². The molecule has 4 aromatic rings. The summed E-state index contributed by atoms with van der Waals surface area (Å²) in [5, 5.41) is 0.579. The normalized spacial score (nSPS) is 15.8. The van der Waals surface area contributed by atoms with Crippen LogP contribution in [0.3, 0.4) is 0 Å². The maximum atomic E-state index is 13.3. The molecule has 36 heavy (non-hydrogen) atoms. The molecule has 0 N–H and O–H groups in total. The van der Waals surface area contributed by atoms with Crippen LogP contribution >= 0.6 is 11.6 Å². The van der Waals surface area contributed by atoms with Gasteiger partial charge in [-0.25, -0.2) is 9.97 Å². The van der Waals surface area contributed by atoms with Crippen molar-refractivity contribution in [2.75, 3.05) is 6.54 Å². The number of fused-ring (bicyclic) bond motifs is 1. The summed E-state index contributed by atoms with van der Waals surface area (Å²) >= 11 is 6.02. The minimum absolute atomic E-state index is 0.0565. The van der Waals surface area contributed by atoms with Gasteiger partial charge in [-0.1, -0.05) is 52.2 Å². The molecule has 0 spiro atoms. The zero-order valence-electron chi connectivity index (χ0n) is 18.7. The first-order chi connectivity index (χ1) is 17.1. The van der Waals surface area contributed by atoms with Crippen LogP contribution in [0, 0.1) is 0 Å². The van der Waals surface area contributed by atoms with Crippen LogP contribution in [0.1, 0.15) is 16.8 Å². The van der Waals surface area contributed by atoms with Gasteiger partial charge < -0.3 is 4.55 Å². The topological polar surface area (TPSA) is 69.2 Å². The molecule has 0 saturated heterocycles. The lowest BCUT2D eigenvalue weighted by atomic mass is 9.99. The van der Waals surface area contributed by atoms with E-state index >= 15 is 0 Å². The van der Waals surface area contributed by atoms with E-state index in [0.29, 0.717) is 33.9 Å². The van der Waals surface area contributed by atoms with Crippen molar-refractivity contribution in [3.63, 3.8) is 0 Å². The molecule has 3 aromatic carbocycles. The second kappa shape index (κ2) is 9.40. The minimum atomic E-state index is -4.65. The Morgan fingerprint density at radius 1 is 0.917 bits per heavy atom. The number of halogens is 4. The van der Waals surface area contributed by atoms with Gasteiger partial charge in [0.2, 0.25) is 0 Å². The van der Waals surface area contributed by atoms with Gasteiger partial charge in [0.25, 0.3) is 0 Å². The number of nitrogens with zero attached hydrogens (tertiary/aromatic N) is 3. The van der Waals surface area contributed by atoms with Crippen LogP contribution in [0.15, 0.2) is 83.8 Å². The molecular weight excluding hydrogens is 511 g/mol. The number of benzene rings is 3. The Kier molecular flexibility index (Phi) is 6.42. The van der Waals surface area contributed by atoms with Gasteiger partial charge in [0.15, 0.2) is 21.1 Å². The highest BCUT2D eigenvalue weighted by Crippen LogP contribution is 2.36. The lowest BCUT2D eigenvalue weighted by Crippen LogP contribution is -2.41. The molecule has 2 heterocycles. The predicted octanol–water partition coefficient (Wildman–Crippen LogP) is 6.44. The Morgan fingerprint density at radius 2 is 1.64 bits per heavy atom. The zero-order valence-corrected chi connectivity index (χ0v) is 20.3. The summed E-state index contributed by atoms with van der Waals surface area (Å²) in [6, 6.07) is 20.2. The van der Waals surface area contributed by atoms with E-state index in [9.17, 15) is 21.9 Å². The van der Waals surface area contributed by atoms with Gasteiger partial charge in [-0.3, -0.25) is 0 Å². The number of alkyl halides is 3. The van der Waals surface area contributed by atoms with Gasteiger partial charge in [-0.05, 0) is 36.4 Å². The molecule has 1 aliphatic heterocycles. The van der Waals surface area contributed by atoms with E-state index in [-0.39, 0.29) is 19.5 Å². The maximum absolute atomic E-state index is 13.3. The highest BCUT2D eigenvalue weighted by molar-refractivity contribution is 7.95. The molecule has 1 aliphatic rings. The molecule has 0 saturated carbocycles. The fraction of sp³-hybridized carbons (Fsp3) is 0.154. The average molecular weight is 530 g/mol. The van der Waals surface area contributed by atoms with Crippen molar-refractivity contribution in [3.05, 3.63) is 101 Å². The molecule has 1 atom stereocenters. The quantitative estimate of drug-likeness (QED) is 0.285. The maximum Gasteiger partial charge on any atom is 0.416 e. The Bertz CT molecular complexity index is 1460. The van der Waals surface area contributed by atoms with Crippen molar-refractivity contribution in [2.24, 2.45) is 0 Å². The Hall–Kier alpha value is -3.11. The molecule has 0 amide bonds. The standard InChI is InChI=1S/C26H19ClF3N3O2S/c27-20-11-9-18(10-12-20)25-31-23-13-14-33(16-22(23)24(32-25)17-5-2-1-3-6-17)36(34,35)21-8-4-7-19(15-21)26(28,29)30/h1-12,15H,13-14,16H2. The van der Waals surface area contributed by atoms with E-state index in [4.69, 9.17) is 21.6 Å². The molecule has 0 radical (unpaired) electrons. The molecule has 5 rings (SSSR count). The van der Waals surface area contributed by atoms with Crippen LogP contribution in [-0.2, 0) is 33.8 Å². The van der Waals surface area contributed by atoms with Crippen molar-refractivity contribution in [3.8, 4) is 22.6 Å². The van der Waals surface area contributed by atoms with Crippen molar-refractivity contribution in [1.29, 1.82) is 0 Å². The van der Waals surface area contributed by atoms with Crippen molar-refractivity contribution < 1.29 is 21.9 Å². The largest absolute Gasteiger partial charge is 0.593 e. The molecule has 10 heteroatoms. The van der Waals surface area contributed by atoms with E-state index in [2.05, 4.69) is 0 Å². The number of hydrogen-bond acceptors (Lipinski definition) is 4. The number of rotatable bonds is 4. The van der Waals surface area contributed by atoms with Crippen molar-refractivity contribution in [1.82, 2.24) is 14.3 Å². The minimum Gasteiger partial charge on any atom is -0.593 e. The molecule has 5 nitrogen and oxygen atoms in total. The predicted molar refractivity (Wildman–Crippen MR) is 131 cm³/mol. The van der Waals surface area contributed by atoms with Crippen LogP contribution in [-0.4, -0.2) is 25.4 Å². The van der Waals surface area contributed by atoms with Crippen LogP contribution in [0.4, 0.5) is 13.2 Å². The number of aromatic nitrogens is 2. The van der Waals surface area contributed by atoms with Gasteiger partial charge in [0.1, 0.15) is 0 Å². The fourth-order valence-electron chi connectivity index (χ4n) is 4.14. The van der Waals surface area contributed by atoms with Gasteiger partial charge in [-0.15, -0.1) is 4.31 Å².